The van der Waals surface area contributed by atoms with Crippen molar-refractivity contribution in [3.05, 3.63) is 39.9 Å². The molecule has 1 fully saturated rings. The van der Waals surface area contributed by atoms with Crippen molar-refractivity contribution >= 4 is 5.69 Å². The molecule has 0 aliphatic heterocycles. The summed E-state index contributed by atoms with van der Waals surface area (Å²) in [6.45, 7) is 2.14. The molecule has 5 heteroatoms. The van der Waals surface area contributed by atoms with E-state index in [1.807, 2.05) is 12.1 Å². The van der Waals surface area contributed by atoms with Crippen molar-refractivity contribution in [2.45, 2.75) is 38.1 Å². The third kappa shape index (κ3) is 4.02. The maximum atomic E-state index is 10.6. The molecule has 2 rings (SSSR count). The van der Waals surface area contributed by atoms with E-state index < -0.39 is 0 Å². The largest absolute Gasteiger partial charge is 0.396 e. The van der Waals surface area contributed by atoms with Crippen LogP contribution in [0.15, 0.2) is 24.3 Å². The normalized spacial score (nSPS) is 15.3. The van der Waals surface area contributed by atoms with Crippen LogP contribution in [0.25, 0.3) is 0 Å². The van der Waals surface area contributed by atoms with Gasteiger partial charge in [-0.3, -0.25) is 15.0 Å². The van der Waals surface area contributed by atoms with Crippen LogP contribution in [0.1, 0.15) is 31.2 Å². The summed E-state index contributed by atoms with van der Waals surface area (Å²) < 4.78 is 0. The van der Waals surface area contributed by atoms with E-state index in [1.54, 1.807) is 12.1 Å². The van der Waals surface area contributed by atoms with Gasteiger partial charge in [0, 0.05) is 37.9 Å². The monoisotopic (exact) mass is 278 g/mol. The first-order valence-corrected chi connectivity index (χ1v) is 7.29. The fourth-order valence-electron chi connectivity index (χ4n) is 2.56. The van der Waals surface area contributed by atoms with Crippen LogP contribution in [0.5, 0.6) is 0 Å². The highest BCUT2D eigenvalue weighted by molar-refractivity contribution is 5.32. The Labute approximate surface area is 119 Å². The van der Waals surface area contributed by atoms with E-state index in [0.717, 1.165) is 31.5 Å². The van der Waals surface area contributed by atoms with Crippen LogP contribution >= 0.6 is 0 Å². The van der Waals surface area contributed by atoms with E-state index in [0.29, 0.717) is 6.04 Å². The number of nitrogens with zero attached hydrogens (tertiary/aromatic N) is 2. The van der Waals surface area contributed by atoms with Gasteiger partial charge in [-0.1, -0.05) is 18.6 Å². The lowest BCUT2D eigenvalue weighted by Gasteiger charge is -2.37. The third-order valence-electron chi connectivity index (χ3n) is 4.03. The van der Waals surface area contributed by atoms with Gasteiger partial charge in [0.1, 0.15) is 0 Å². The summed E-state index contributed by atoms with van der Waals surface area (Å²) in [5.74, 6) is 0. The summed E-state index contributed by atoms with van der Waals surface area (Å²) in [6, 6.07) is 7.47. The van der Waals surface area contributed by atoms with Crippen LogP contribution in [-0.4, -0.2) is 40.7 Å². The molecule has 20 heavy (non-hydrogen) atoms. The van der Waals surface area contributed by atoms with Crippen molar-refractivity contribution in [1.82, 2.24) is 4.90 Å². The van der Waals surface area contributed by atoms with Crippen LogP contribution in [0.4, 0.5) is 5.69 Å². The molecule has 110 valence electrons. The Balaban J connectivity index is 1.85. The molecule has 1 saturated carbocycles. The topological polar surface area (TPSA) is 66.6 Å². The summed E-state index contributed by atoms with van der Waals surface area (Å²) in [7, 11) is 0. The number of hydrogen-bond acceptors (Lipinski definition) is 4. The number of nitro groups is 1. The Hall–Kier alpha value is -1.46. The van der Waals surface area contributed by atoms with E-state index in [9.17, 15) is 10.1 Å². The Kier molecular flexibility index (Phi) is 5.49. The lowest BCUT2D eigenvalue weighted by Crippen LogP contribution is -2.42. The Morgan fingerprint density at radius 1 is 1.25 bits per heavy atom. The molecule has 1 aliphatic rings. The van der Waals surface area contributed by atoms with E-state index in [4.69, 9.17) is 5.11 Å². The fourth-order valence-corrected chi connectivity index (χ4v) is 2.56. The summed E-state index contributed by atoms with van der Waals surface area (Å²) >= 11 is 0. The summed E-state index contributed by atoms with van der Waals surface area (Å²) in [5, 5.41) is 19.6. The molecule has 0 aromatic heterocycles. The lowest BCUT2D eigenvalue weighted by molar-refractivity contribution is -0.384. The highest BCUT2D eigenvalue weighted by atomic mass is 16.6. The summed E-state index contributed by atoms with van der Waals surface area (Å²) in [4.78, 5) is 12.7. The van der Waals surface area contributed by atoms with Crippen molar-refractivity contribution in [1.29, 1.82) is 0 Å². The molecule has 1 aromatic rings. The Morgan fingerprint density at radius 3 is 2.45 bits per heavy atom. The number of aliphatic hydroxyl groups is 1. The van der Waals surface area contributed by atoms with Gasteiger partial charge < -0.3 is 5.11 Å². The van der Waals surface area contributed by atoms with Gasteiger partial charge in [-0.2, -0.15) is 0 Å². The van der Waals surface area contributed by atoms with Crippen molar-refractivity contribution in [2.75, 3.05) is 19.7 Å². The molecule has 1 aromatic carbocycles. The maximum absolute atomic E-state index is 10.6. The number of hydrogen-bond donors (Lipinski definition) is 1. The van der Waals surface area contributed by atoms with E-state index in [1.165, 1.54) is 19.3 Å². The van der Waals surface area contributed by atoms with Gasteiger partial charge in [-0.05, 0) is 31.2 Å². The molecule has 1 aliphatic carbocycles. The molecule has 0 unspecified atom stereocenters. The molecule has 0 radical (unpaired) electrons. The molecule has 1 N–H and O–H groups in total. The third-order valence-corrected chi connectivity index (χ3v) is 4.03. The van der Waals surface area contributed by atoms with Crippen LogP contribution in [-0.2, 0) is 6.42 Å². The Bertz CT molecular complexity index is 429. The van der Waals surface area contributed by atoms with Gasteiger partial charge in [0.15, 0.2) is 0 Å². The summed E-state index contributed by atoms with van der Waals surface area (Å²) in [6.07, 6.45) is 5.53. The van der Waals surface area contributed by atoms with E-state index in [-0.39, 0.29) is 17.2 Å². The second-order valence-electron chi connectivity index (χ2n) is 5.37. The summed E-state index contributed by atoms with van der Waals surface area (Å²) in [5.41, 5.74) is 1.27. The lowest BCUT2D eigenvalue weighted by atomic mass is 9.91. The highest BCUT2D eigenvalue weighted by Gasteiger charge is 2.24. The molecule has 0 bridgehead atoms. The predicted molar refractivity (Wildman–Crippen MR) is 77.7 cm³/mol. The maximum Gasteiger partial charge on any atom is 0.269 e. The highest BCUT2D eigenvalue weighted by Crippen LogP contribution is 2.25. The predicted octanol–water partition coefficient (Wildman–Crippen LogP) is 2.37. The zero-order valence-corrected chi connectivity index (χ0v) is 11.7. The minimum absolute atomic E-state index is 0.143. The Morgan fingerprint density at radius 2 is 1.95 bits per heavy atom. The molecule has 0 heterocycles. The van der Waals surface area contributed by atoms with Gasteiger partial charge in [0.05, 0.1) is 4.92 Å². The van der Waals surface area contributed by atoms with Crippen molar-refractivity contribution in [3.8, 4) is 0 Å². The van der Waals surface area contributed by atoms with Gasteiger partial charge >= 0.3 is 0 Å². The van der Waals surface area contributed by atoms with Crippen LogP contribution in [0.3, 0.4) is 0 Å². The first-order valence-electron chi connectivity index (χ1n) is 7.29. The zero-order chi connectivity index (χ0) is 14.4. The molecular formula is C15H22N2O3. The number of aliphatic hydroxyl groups excluding tert-OH is 1. The second-order valence-corrected chi connectivity index (χ2v) is 5.37. The second kappa shape index (κ2) is 7.36. The van der Waals surface area contributed by atoms with Gasteiger partial charge in [0.2, 0.25) is 0 Å². The minimum Gasteiger partial charge on any atom is -0.396 e. The van der Waals surface area contributed by atoms with E-state index >= 15 is 0 Å². The molecule has 0 amide bonds. The average Bonchev–Trinajstić information content (AvgIpc) is 2.40. The van der Waals surface area contributed by atoms with Crippen LogP contribution in [0.2, 0.25) is 0 Å². The minimum atomic E-state index is -0.369. The van der Waals surface area contributed by atoms with Gasteiger partial charge in [-0.15, -0.1) is 0 Å². The van der Waals surface area contributed by atoms with Crippen LogP contribution in [0, 0.1) is 10.1 Å². The zero-order valence-electron chi connectivity index (χ0n) is 11.7. The van der Waals surface area contributed by atoms with Crippen molar-refractivity contribution in [2.24, 2.45) is 0 Å². The standard InChI is InChI=1S/C15H22N2O3/c18-12-2-10-16(14-3-1-4-14)11-9-13-5-7-15(8-6-13)17(19)20/h5-8,14,18H,1-4,9-12H2. The first kappa shape index (κ1) is 14.9. The van der Waals surface area contributed by atoms with Gasteiger partial charge in [0.25, 0.3) is 5.69 Å². The SMILES string of the molecule is O=[N+]([O-])c1ccc(CCN(CCCO)C2CCC2)cc1. The van der Waals surface area contributed by atoms with Crippen LogP contribution < -0.4 is 0 Å². The number of nitro benzene ring substituents is 1. The number of rotatable bonds is 8. The number of non-ortho nitro benzene ring substituents is 1. The van der Waals surface area contributed by atoms with E-state index in [2.05, 4.69) is 4.90 Å². The van der Waals surface area contributed by atoms with Gasteiger partial charge in [-0.25, -0.2) is 0 Å². The quantitative estimate of drug-likeness (QED) is 0.585. The van der Waals surface area contributed by atoms with Crippen molar-refractivity contribution in [3.63, 3.8) is 0 Å². The number of benzene rings is 1. The smallest absolute Gasteiger partial charge is 0.269 e. The molecule has 0 saturated heterocycles. The fraction of sp³-hybridized carbons (Fsp3) is 0.600. The molecule has 5 nitrogen and oxygen atoms in total. The average molecular weight is 278 g/mol. The molecule has 0 spiro atoms. The van der Waals surface area contributed by atoms with Crippen molar-refractivity contribution < 1.29 is 10.0 Å². The molecule has 0 atom stereocenters. The molecular weight excluding hydrogens is 256 g/mol. The first-order chi connectivity index (χ1) is 9.70.